The summed E-state index contributed by atoms with van der Waals surface area (Å²) in [5, 5.41) is 7.39. The number of nitrogens with one attached hydrogen (secondary N) is 1. The molecule has 1 saturated carbocycles. The number of H-pyrrole nitrogens is 1. The van der Waals surface area contributed by atoms with Crippen molar-refractivity contribution in [2.45, 2.75) is 50.2 Å². The highest BCUT2D eigenvalue weighted by Crippen LogP contribution is 2.39. The Kier molecular flexibility index (Phi) is 4.48. The monoisotopic (exact) mass is 341 g/mol. The first-order valence-corrected chi connectivity index (χ1v) is 8.89. The van der Waals surface area contributed by atoms with E-state index < -0.39 is 0 Å². The number of nitrogens with zero attached hydrogens (tertiary/aromatic N) is 4. The van der Waals surface area contributed by atoms with Gasteiger partial charge in [0, 0.05) is 44.3 Å². The van der Waals surface area contributed by atoms with Gasteiger partial charge in [-0.1, -0.05) is 6.07 Å². The lowest BCUT2D eigenvalue weighted by atomic mass is 10.1. The summed E-state index contributed by atoms with van der Waals surface area (Å²) in [6.45, 7) is 0.599. The van der Waals surface area contributed by atoms with Gasteiger partial charge in [-0.25, -0.2) is 4.98 Å². The molecule has 4 rings (SSSR count). The number of ether oxygens (including phenoxy) is 1. The first kappa shape index (κ1) is 16.2. The van der Waals surface area contributed by atoms with Crippen molar-refractivity contribution in [3.63, 3.8) is 0 Å². The maximum absolute atomic E-state index is 12.8. The van der Waals surface area contributed by atoms with Crippen molar-refractivity contribution in [2.75, 3.05) is 13.7 Å². The van der Waals surface area contributed by atoms with Gasteiger partial charge >= 0.3 is 0 Å². The molecule has 1 aliphatic heterocycles. The molecular weight excluding hydrogens is 318 g/mol. The Bertz CT molecular complexity index is 728. The zero-order chi connectivity index (χ0) is 17.2. The lowest BCUT2D eigenvalue weighted by Gasteiger charge is -2.22. The number of amides is 1. The average Bonchev–Trinajstić information content (AvgIpc) is 3.22. The van der Waals surface area contributed by atoms with Gasteiger partial charge in [0.1, 0.15) is 5.82 Å². The van der Waals surface area contributed by atoms with Gasteiger partial charge in [-0.05, 0) is 31.4 Å². The van der Waals surface area contributed by atoms with Crippen LogP contribution >= 0.6 is 0 Å². The number of aryl methyl sites for hydroxylation is 1. The Morgan fingerprint density at radius 1 is 1.40 bits per heavy atom. The maximum Gasteiger partial charge on any atom is 0.223 e. The summed E-state index contributed by atoms with van der Waals surface area (Å²) < 4.78 is 5.50. The van der Waals surface area contributed by atoms with Crippen LogP contribution in [0.25, 0.3) is 0 Å². The molecule has 1 N–H and O–H groups in total. The van der Waals surface area contributed by atoms with Crippen LogP contribution in [0.3, 0.4) is 0 Å². The fourth-order valence-corrected chi connectivity index (χ4v) is 3.39. The number of aromatic amines is 1. The predicted octanol–water partition coefficient (Wildman–Crippen LogP) is 2.00. The highest BCUT2D eigenvalue weighted by molar-refractivity contribution is 5.77. The van der Waals surface area contributed by atoms with Crippen LogP contribution in [0.1, 0.15) is 55.0 Å². The summed E-state index contributed by atoms with van der Waals surface area (Å²) in [6.07, 6.45) is 5.96. The van der Waals surface area contributed by atoms with Gasteiger partial charge in [-0.15, -0.1) is 0 Å². The molecule has 1 amide bonds. The summed E-state index contributed by atoms with van der Waals surface area (Å²) in [4.78, 5) is 23.6. The predicted molar refractivity (Wildman–Crippen MR) is 90.8 cm³/mol. The van der Waals surface area contributed by atoms with Crippen LogP contribution in [0.5, 0.6) is 0 Å². The van der Waals surface area contributed by atoms with E-state index in [0.29, 0.717) is 25.3 Å². The van der Waals surface area contributed by atoms with E-state index in [4.69, 9.17) is 4.74 Å². The second-order valence-corrected chi connectivity index (χ2v) is 6.83. The number of aromatic nitrogens is 4. The second kappa shape index (κ2) is 6.92. The summed E-state index contributed by atoms with van der Waals surface area (Å²) in [5.74, 6) is 2.28. The van der Waals surface area contributed by atoms with E-state index in [9.17, 15) is 4.79 Å². The van der Waals surface area contributed by atoms with E-state index in [2.05, 4.69) is 20.2 Å². The SMILES string of the molecule is CO[C@@H]1C[C@@H](c2nc(C3CC3)n[nH]2)N(C(=O)CCc2ccccn2)C1. The molecule has 0 radical (unpaired) electrons. The van der Waals surface area contributed by atoms with Crippen molar-refractivity contribution in [1.29, 1.82) is 0 Å². The Morgan fingerprint density at radius 3 is 3.00 bits per heavy atom. The van der Waals surface area contributed by atoms with E-state index in [0.717, 1.165) is 36.6 Å². The van der Waals surface area contributed by atoms with E-state index in [1.807, 2.05) is 23.1 Å². The average molecular weight is 341 g/mol. The van der Waals surface area contributed by atoms with Gasteiger partial charge in [0.25, 0.3) is 0 Å². The van der Waals surface area contributed by atoms with Crippen molar-refractivity contribution < 1.29 is 9.53 Å². The van der Waals surface area contributed by atoms with Crippen LogP contribution in [-0.2, 0) is 16.0 Å². The molecule has 2 aliphatic rings. The summed E-state index contributed by atoms with van der Waals surface area (Å²) in [5.41, 5.74) is 0.936. The second-order valence-electron chi connectivity index (χ2n) is 6.83. The Morgan fingerprint density at radius 2 is 2.28 bits per heavy atom. The number of hydrogen-bond donors (Lipinski definition) is 1. The quantitative estimate of drug-likeness (QED) is 0.869. The molecule has 25 heavy (non-hydrogen) atoms. The number of pyridine rings is 1. The standard InChI is InChI=1S/C18H23N5O2/c1-25-14-10-15(18-20-17(21-22-18)12-5-6-12)23(11-14)16(24)8-7-13-4-2-3-9-19-13/h2-4,9,12,14-15H,5-8,10-11H2,1H3,(H,20,21,22)/t14-,15+/m1/s1. The lowest BCUT2D eigenvalue weighted by molar-refractivity contribution is -0.132. The van der Waals surface area contributed by atoms with Gasteiger partial charge in [0.05, 0.1) is 12.1 Å². The number of carbonyl (C=O) groups excluding carboxylic acids is 1. The molecule has 2 fully saturated rings. The van der Waals surface area contributed by atoms with Gasteiger partial charge < -0.3 is 9.64 Å². The van der Waals surface area contributed by atoms with Crippen LogP contribution in [0.15, 0.2) is 24.4 Å². The van der Waals surface area contributed by atoms with Crippen molar-refractivity contribution in [3.05, 3.63) is 41.7 Å². The van der Waals surface area contributed by atoms with E-state index >= 15 is 0 Å². The molecule has 2 aromatic heterocycles. The number of carbonyl (C=O) groups is 1. The Hall–Kier alpha value is -2.28. The molecule has 2 aromatic rings. The largest absolute Gasteiger partial charge is 0.380 e. The van der Waals surface area contributed by atoms with Crippen molar-refractivity contribution in [2.24, 2.45) is 0 Å². The van der Waals surface area contributed by atoms with E-state index in [1.54, 1.807) is 13.3 Å². The topological polar surface area (TPSA) is 84.0 Å². The molecule has 1 aliphatic carbocycles. The van der Waals surface area contributed by atoms with Crippen LogP contribution in [0, 0.1) is 0 Å². The molecule has 1 saturated heterocycles. The highest BCUT2D eigenvalue weighted by atomic mass is 16.5. The molecule has 0 spiro atoms. The molecule has 7 nitrogen and oxygen atoms in total. The molecule has 0 unspecified atom stereocenters. The molecule has 7 heteroatoms. The third-order valence-corrected chi connectivity index (χ3v) is 5.02. The maximum atomic E-state index is 12.8. The van der Waals surface area contributed by atoms with Gasteiger partial charge in [-0.3, -0.25) is 14.9 Å². The Balaban J connectivity index is 1.45. The number of rotatable bonds is 6. The van der Waals surface area contributed by atoms with E-state index in [-0.39, 0.29) is 18.1 Å². The third kappa shape index (κ3) is 3.56. The van der Waals surface area contributed by atoms with Crippen LogP contribution in [-0.4, -0.2) is 50.7 Å². The van der Waals surface area contributed by atoms with Crippen molar-refractivity contribution >= 4 is 5.91 Å². The van der Waals surface area contributed by atoms with Crippen molar-refractivity contribution in [1.82, 2.24) is 25.1 Å². The minimum absolute atomic E-state index is 0.0401. The van der Waals surface area contributed by atoms with Gasteiger partial charge in [-0.2, -0.15) is 5.10 Å². The van der Waals surface area contributed by atoms with Gasteiger partial charge in [0.2, 0.25) is 5.91 Å². The lowest BCUT2D eigenvalue weighted by Crippen LogP contribution is -2.32. The fraction of sp³-hybridized carbons (Fsp3) is 0.556. The molecule has 2 atom stereocenters. The van der Waals surface area contributed by atoms with Crippen LogP contribution in [0.2, 0.25) is 0 Å². The highest BCUT2D eigenvalue weighted by Gasteiger charge is 2.39. The zero-order valence-corrected chi connectivity index (χ0v) is 14.4. The summed E-state index contributed by atoms with van der Waals surface area (Å²) in [7, 11) is 1.69. The molecule has 0 aromatic carbocycles. The molecular formula is C18H23N5O2. The minimum atomic E-state index is -0.0822. The van der Waals surface area contributed by atoms with Crippen LogP contribution < -0.4 is 0 Å². The number of likely N-dealkylation sites (tertiary alicyclic amines) is 1. The molecule has 3 heterocycles. The van der Waals surface area contributed by atoms with Crippen LogP contribution in [0.4, 0.5) is 0 Å². The van der Waals surface area contributed by atoms with Gasteiger partial charge in [0.15, 0.2) is 5.82 Å². The molecule has 0 bridgehead atoms. The van der Waals surface area contributed by atoms with E-state index in [1.165, 1.54) is 0 Å². The zero-order valence-electron chi connectivity index (χ0n) is 14.4. The summed E-state index contributed by atoms with van der Waals surface area (Å²) in [6, 6.07) is 5.69. The normalized spacial score (nSPS) is 23.2. The Labute approximate surface area is 146 Å². The first-order valence-electron chi connectivity index (χ1n) is 8.89. The minimum Gasteiger partial charge on any atom is -0.380 e. The smallest absolute Gasteiger partial charge is 0.223 e. The third-order valence-electron chi connectivity index (χ3n) is 5.02. The van der Waals surface area contributed by atoms with Crippen molar-refractivity contribution in [3.8, 4) is 0 Å². The number of methoxy groups -OCH3 is 1. The number of hydrogen-bond acceptors (Lipinski definition) is 5. The molecule has 132 valence electrons. The first-order chi connectivity index (χ1) is 12.2. The fourth-order valence-electron chi connectivity index (χ4n) is 3.39. The summed E-state index contributed by atoms with van der Waals surface area (Å²) >= 11 is 0.